The van der Waals surface area contributed by atoms with E-state index in [2.05, 4.69) is 6.58 Å². The van der Waals surface area contributed by atoms with Gasteiger partial charge in [-0.15, -0.1) is 9.68 Å². The van der Waals surface area contributed by atoms with E-state index < -0.39 is 10.9 Å². The minimum absolute atomic E-state index is 0.263. The highest BCUT2D eigenvalue weighted by Gasteiger charge is 2.30. The first-order chi connectivity index (χ1) is 7.01. The van der Waals surface area contributed by atoms with Crippen molar-refractivity contribution in [3.8, 4) is 0 Å². The Kier molecular flexibility index (Phi) is 6.11. The Morgan fingerprint density at radius 1 is 1.33 bits per heavy atom. The summed E-state index contributed by atoms with van der Waals surface area (Å²) in [5, 5.41) is 0. The first kappa shape index (κ1) is 14.1. The summed E-state index contributed by atoms with van der Waals surface area (Å²) >= 11 is 0. The van der Waals surface area contributed by atoms with E-state index in [0.29, 0.717) is 12.1 Å². The van der Waals surface area contributed by atoms with E-state index in [1.54, 1.807) is 13.8 Å². The molecule has 0 amide bonds. The highest BCUT2D eigenvalue weighted by atomic mass is 17.2. The lowest BCUT2D eigenvalue weighted by molar-refractivity contribution is -1.36. The Labute approximate surface area is 89.4 Å². The van der Waals surface area contributed by atoms with Crippen molar-refractivity contribution in [3.05, 3.63) is 12.2 Å². The highest BCUT2D eigenvalue weighted by molar-refractivity contribution is 5.86. The van der Waals surface area contributed by atoms with E-state index in [-0.39, 0.29) is 6.79 Å². The maximum absolute atomic E-state index is 11.0. The summed E-state index contributed by atoms with van der Waals surface area (Å²) < 4.78 is 4.73. The van der Waals surface area contributed by atoms with Crippen molar-refractivity contribution in [1.82, 2.24) is 0 Å². The number of nitrogens with zero attached hydrogens (tertiary/aromatic N) is 1. The van der Waals surface area contributed by atoms with Crippen LogP contribution in [0.25, 0.3) is 0 Å². The van der Waals surface area contributed by atoms with E-state index in [1.807, 2.05) is 0 Å². The van der Waals surface area contributed by atoms with Gasteiger partial charge in [0.25, 0.3) is 6.79 Å². The van der Waals surface area contributed by atoms with Gasteiger partial charge in [0.1, 0.15) is 14.2 Å². The number of hydroxylamine groups is 3. The number of esters is 1. The summed E-state index contributed by atoms with van der Waals surface area (Å²) in [5.41, 5.74) is 0.308. The van der Waals surface area contributed by atoms with Crippen molar-refractivity contribution in [2.75, 3.05) is 27.6 Å². The molecule has 0 aliphatic rings. The lowest BCUT2D eigenvalue weighted by Gasteiger charge is -2.24. The predicted octanol–water partition coefficient (Wildman–Crippen LogP) is 0.954. The molecular formula is C9H18NO5+. The number of hydrogen-bond donors (Lipinski definition) is 0. The summed E-state index contributed by atoms with van der Waals surface area (Å²) in [7, 11) is 2.85. The molecule has 0 fully saturated rings. The predicted molar refractivity (Wildman–Crippen MR) is 51.7 cm³/mol. The number of hydrogen-bond acceptors (Lipinski definition) is 5. The van der Waals surface area contributed by atoms with Crippen LogP contribution in [-0.2, 0) is 24.0 Å². The molecule has 88 valence electrons. The Bertz CT molecular complexity index is 216. The second-order valence-corrected chi connectivity index (χ2v) is 2.75. The quantitative estimate of drug-likeness (QED) is 0.210. The summed E-state index contributed by atoms with van der Waals surface area (Å²) in [5.74, 6) is -0.517. The van der Waals surface area contributed by atoms with Crippen LogP contribution in [0.3, 0.4) is 0 Å². The van der Waals surface area contributed by atoms with Gasteiger partial charge < -0.3 is 4.74 Å². The van der Waals surface area contributed by atoms with Crippen LogP contribution in [0, 0.1) is 0 Å². The van der Waals surface area contributed by atoms with Crippen molar-refractivity contribution < 1.29 is 29.0 Å². The molecule has 0 atom stereocenters. The van der Waals surface area contributed by atoms with Crippen LogP contribution in [0.5, 0.6) is 0 Å². The molecule has 0 bridgehead atoms. The third-order valence-electron chi connectivity index (χ3n) is 1.73. The number of quaternary nitrogens is 1. The Morgan fingerprint density at radius 3 is 2.20 bits per heavy atom. The van der Waals surface area contributed by atoms with E-state index >= 15 is 0 Å². The smallest absolute Gasteiger partial charge is 0.335 e. The van der Waals surface area contributed by atoms with E-state index in [1.165, 1.54) is 14.2 Å². The van der Waals surface area contributed by atoms with Crippen molar-refractivity contribution in [2.45, 2.75) is 13.8 Å². The fraction of sp³-hybridized carbons (Fsp3) is 0.667. The normalized spacial score (nSPS) is 11.2. The molecule has 0 rings (SSSR count). The fourth-order valence-electron chi connectivity index (χ4n) is 0.813. The number of carbonyl (C=O) groups is 1. The largest absolute Gasteiger partial charge is 0.429 e. The second-order valence-electron chi connectivity index (χ2n) is 2.75. The lowest BCUT2D eigenvalue weighted by Crippen LogP contribution is -2.46. The third-order valence-corrected chi connectivity index (χ3v) is 1.73. The van der Waals surface area contributed by atoms with Crippen molar-refractivity contribution in [1.29, 1.82) is 0 Å². The first-order valence-corrected chi connectivity index (χ1v) is 4.48. The molecule has 0 aromatic carbocycles. The maximum Gasteiger partial charge on any atom is 0.335 e. The molecule has 6 nitrogen and oxygen atoms in total. The van der Waals surface area contributed by atoms with Gasteiger partial charge in [-0.2, -0.15) is 0 Å². The molecule has 0 heterocycles. The van der Waals surface area contributed by atoms with Crippen LogP contribution in [0.15, 0.2) is 12.2 Å². The standard InChI is InChI=1S/C9H18NO5/c1-6-10(12-4,13-5)15-7-14-9(11)8(2)3/h2,6-7H2,1,3-5H3/q+1. The average molecular weight is 220 g/mol. The van der Waals surface area contributed by atoms with Crippen LogP contribution < -0.4 is 0 Å². The van der Waals surface area contributed by atoms with Gasteiger partial charge >= 0.3 is 5.97 Å². The van der Waals surface area contributed by atoms with Gasteiger partial charge in [-0.05, 0) is 13.8 Å². The molecule has 0 aliphatic carbocycles. The molecule has 0 saturated carbocycles. The van der Waals surface area contributed by atoms with Crippen LogP contribution >= 0.6 is 0 Å². The van der Waals surface area contributed by atoms with Gasteiger partial charge in [0.15, 0.2) is 6.54 Å². The molecule has 0 unspecified atom stereocenters. The highest BCUT2D eigenvalue weighted by Crippen LogP contribution is 2.08. The van der Waals surface area contributed by atoms with Gasteiger partial charge in [-0.3, -0.25) is 0 Å². The zero-order valence-electron chi connectivity index (χ0n) is 9.61. The Morgan fingerprint density at radius 2 is 1.87 bits per heavy atom. The first-order valence-electron chi connectivity index (χ1n) is 4.48. The van der Waals surface area contributed by atoms with Gasteiger partial charge in [0.2, 0.25) is 0 Å². The van der Waals surface area contributed by atoms with Gasteiger partial charge in [0, 0.05) is 5.57 Å². The van der Waals surface area contributed by atoms with Crippen molar-refractivity contribution >= 4 is 5.97 Å². The monoisotopic (exact) mass is 220 g/mol. The molecule has 0 aliphatic heterocycles. The summed E-state index contributed by atoms with van der Waals surface area (Å²) in [6.45, 7) is 6.94. The molecule has 0 aromatic heterocycles. The van der Waals surface area contributed by atoms with Crippen LogP contribution in [0.4, 0.5) is 0 Å². The van der Waals surface area contributed by atoms with Gasteiger partial charge in [-0.25, -0.2) is 4.79 Å². The average Bonchev–Trinajstić information content (AvgIpc) is 2.24. The summed E-state index contributed by atoms with van der Waals surface area (Å²) in [4.78, 5) is 25.5. The van der Waals surface area contributed by atoms with Crippen molar-refractivity contribution in [2.24, 2.45) is 0 Å². The fourth-order valence-corrected chi connectivity index (χ4v) is 0.813. The van der Waals surface area contributed by atoms with Crippen molar-refractivity contribution in [3.63, 3.8) is 0 Å². The van der Waals surface area contributed by atoms with Crippen LogP contribution in [-0.4, -0.2) is 38.5 Å². The number of carbonyl (C=O) groups excluding carboxylic acids is 1. The SMILES string of the molecule is C=C(C)C(=O)OCO[N+](CC)(OC)OC. The zero-order valence-corrected chi connectivity index (χ0v) is 9.61. The number of rotatable bonds is 7. The van der Waals surface area contributed by atoms with Gasteiger partial charge in [0.05, 0.1) is 4.97 Å². The molecule has 0 radical (unpaired) electrons. The zero-order chi connectivity index (χ0) is 11.9. The second kappa shape index (κ2) is 6.52. The van der Waals surface area contributed by atoms with Crippen LogP contribution in [0.2, 0.25) is 0 Å². The molecule has 0 spiro atoms. The topological polar surface area (TPSA) is 54.0 Å². The van der Waals surface area contributed by atoms with Crippen LogP contribution in [0.1, 0.15) is 13.8 Å². The van der Waals surface area contributed by atoms with E-state index in [4.69, 9.17) is 19.2 Å². The summed E-state index contributed by atoms with van der Waals surface area (Å²) in [6.07, 6.45) is 0. The molecule has 0 saturated heterocycles. The van der Waals surface area contributed by atoms with E-state index in [9.17, 15) is 4.79 Å². The molecule has 6 heteroatoms. The minimum Gasteiger partial charge on any atom is -0.429 e. The molecule has 0 N–H and O–H groups in total. The number of ether oxygens (including phenoxy) is 1. The molecule has 15 heavy (non-hydrogen) atoms. The van der Waals surface area contributed by atoms with E-state index in [0.717, 1.165) is 0 Å². The summed E-state index contributed by atoms with van der Waals surface area (Å²) in [6, 6.07) is 0. The van der Waals surface area contributed by atoms with Gasteiger partial charge in [-0.1, -0.05) is 11.4 Å². The maximum atomic E-state index is 11.0. The Balaban J connectivity index is 4.02. The Hall–Kier alpha value is -0.950. The molecular weight excluding hydrogens is 202 g/mol. The lowest BCUT2D eigenvalue weighted by atomic mass is 10.4. The third kappa shape index (κ3) is 4.39. The minimum atomic E-state index is -0.517. The molecule has 0 aromatic rings.